The van der Waals surface area contributed by atoms with Crippen LogP contribution in [-0.2, 0) is 9.59 Å². The topological polar surface area (TPSA) is 66.4 Å². The molecule has 0 fully saturated rings. The number of hydrogen-bond acceptors (Lipinski definition) is 2. The van der Waals surface area contributed by atoms with Crippen LogP contribution >= 0.6 is 0 Å². The van der Waals surface area contributed by atoms with Gasteiger partial charge in [-0.3, -0.25) is 4.79 Å². The minimum Gasteiger partial charge on any atom is -0.480 e. The van der Waals surface area contributed by atoms with E-state index in [1.807, 2.05) is 12.2 Å². The third kappa shape index (κ3) is 3.53. The molecule has 0 aromatic heterocycles. The molecule has 0 saturated heterocycles. The van der Waals surface area contributed by atoms with Crippen LogP contribution in [0.5, 0.6) is 0 Å². The van der Waals surface area contributed by atoms with E-state index in [0.717, 1.165) is 12.8 Å². The highest BCUT2D eigenvalue weighted by molar-refractivity contribution is 5.85. The lowest BCUT2D eigenvalue weighted by molar-refractivity contribution is -0.142. The fourth-order valence-electron chi connectivity index (χ4n) is 1.71. The zero-order valence-electron chi connectivity index (χ0n) is 9.19. The highest BCUT2D eigenvalue weighted by Gasteiger charge is 2.24. The average molecular weight is 223 g/mol. The molecule has 0 spiro atoms. The predicted octanol–water partition coefficient (Wildman–Crippen LogP) is 1.49. The number of amides is 1. The highest BCUT2D eigenvalue weighted by atomic mass is 16.4. The van der Waals surface area contributed by atoms with Crippen LogP contribution in [0.4, 0.5) is 0 Å². The van der Waals surface area contributed by atoms with Crippen LogP contribution < -0.4 is 5.32 Å². The fraction of sp³-hybridized carbons (Fsp3) is 0.500. The second kappa shape index (κ2) is 6.10. The molecule has 16 heavy (non-hydrogen) atoms. The molecule has 1 amide bonds. The van der Waals surface area contributed by atoms with Crippen LogP contribution in [0.15, 0.2) is 24.8 Å². The Labute approximate surface area is 95.0 Å². The van der Waals surface area contributed by atoms with Crippen molar-refractivity contribution in [3.8, 4) is 0 Å². The van der Waals surface area contributed by atoms with E-state index in [9.17, 15) is 9.59 Å². The third-order valence-corrected chi connectivity index (χ3v) is 2.66. The zero-order chi connectivity index (χ0) is 12.0. The fourth-order valence-corrected chi connectivity index (χ4v) is 1.71. The van der Waals surface area contributed by atoms with Crippen molar-refractivity contribution in [1.29, 1.82) is 0 Å². The number of hydrogen-bond donors (Lipinski definition) is 2. The van der Waals surface area contributed by atoms with Crippen molar-refractivity contribution >= 4 is 11.9 Å². The average Bonchev–Trinajstić information content (AvgIpc) is 2.29. The molecule has 0 aliphatic heterocycles. The van der Waals surface area contributed by atoms with Crippen molar-refractivity contribution < 1.29 is 14.7 Å². The van der Waals surface area contributed by atoms with Crippen LogP contribution in [0, 0.1) is 5.92 Å². The van der Waals surface area contributed by atoms with E-state index >= 15 is 0 Å². The molecule has 0 aromatic carbocycles. The molecule has 1 aliphatic carbocycles. The maximum Gasteiger partial charge on any atom is 0.326 e. The molecule has 88 valence electrons. The smallest absolute Gasteiger partial charge is 0.326 e. The zero-order valence-corrected chi connectivity index (χ0v) is 9.19. The lowest BCUT2D eigenvalue weighted by Gasteiger charge is -2.20. The van der Waals surface area contributed by atoms with Crippen molar-refractivity contribution in [2.75, 3.05) is 0 Å². The van der Waals surface area contributed by atoms with Gasteiger partial charge >= 0.3 is 5.97 Å². The molecule has 4 nitrogen and oxygen atoms in total. The van der Waals surface area contributed by atoms with Crippen molar-refractivity contribution in [1.82, 2.24) is 5.32 Å². The Hall–Kier alpha value is -1.58. The first-order valence-electron chi connectivity index (χ1n) is 5.44. The van der Waals surface area contributed by atoms with Crippen LogP contribution in [0.2, 0.25) is 0 Å². The van der Waals surface area contributed by atoms with Gasteiger partial charge in [0.25, 0.3) is 0 Å². The molecule has 1 aliphatic rings. The normalized spacial score (nSPS) is 21.1. The summed E-state index contributed by atoms with van der Waals surface area (Å²) >= 11 is 0. The summed E-state index contributed by atoms with van der Waals surface area (Å²) in [5.74, 6) is -1.27. The van der Waals surface area contributed by atoms with Crippen molar-refractivity contribution in [3.63, 3.8) is 0 Å². The summed E-state index contributed by atoms with van der Waals surface area (Å²) in [7, 11) is 0. The molecule has 4 heteroatoms. The number of allylic oxidation sites excluding steroid dienone is 2. The summed E-state index contributed by atoms with van der Waals surface area (Å²) in [5, 5.41) is 11.4. The van der Waals surface area contributed by atoms with E-state index in [0.29, 0.717) is 6.42 Å². The quantitative estimate of drug-likeness (QED) is 0.694. The van der Waals surface area contributed by atoms with E-state index in [2.05, 4.69) is 11.9 Å². The summed E-state index contributed by atoms with van der Waals surface area (Å²) in [5.41, 5.74) is 0. The minimum absolute atomic E-state index is 0.0864. The molecule has 0 radical (unpaired) electrons. The van der Waals surface area contributed by atoms with Crippen LogP contribution in [0.3, 0.4) is 0 Å². The van der Waals surface area contributed by atoms with Gasteiger partial charge in [0, 0.05) is 5.92 Å². The number of carbonyl (C=O) groups excluding carboxylic acids is 1. The Morgan fingerprint density at radius 3 is 2.81 bits per heavy atom. The summed E-state index contributed by atoms with van der Waals surface area (Å²) in [6.45, 7) is 3.48. The maximum absolute atomic E-state index is 11.7. The second-order valence-corrected chi connectivity index (χ2v) is 3.91. The molecule has 2 N–H and O–H groups in total. The Bertz CT molecular complexity index is 309. The summed E-state index contributed by atoms with van der Waals surface area (Å²) in [6, 6.07) is -0.851. The number of rotatable bonds is 5. The number of carboxylic acids is 1. The largest absolute Gasteiger partial charge is 0.480 e. The first-order chi connectivity index (χ1) is 7.65. The third-order valence-electron chi connectivity index (χ3n) is 2.66. The first kappa shape index (κ1) is 12.5. The van der Waals surface area contributed by atoms with Crippen LogP contribution in [-0.4, -0.2) is 23.0 Å². The van der Waals surface area contributed by atoms with Crippen LogP contribution in [0.25, 0.3) is 0 Å². The lowest BCUT2D eigenvalue weighted by Crippen LogP contribution is -2.43. The number of carbonyl (C=O) groups is 2. The van der Waals surface area contributed by atoms with Gasteiger partial charge in [-0.1, -0.05) is 18.2 Å². The van der Waals surface area contributed by atoms with Crippen molar-refractivity contribution in [2.24, 2.45) is 5.92 Å². The Balaban J connectivity index is 2.50. The predicted molar refractivity (Wildman–Crippen MR) is 60.9 cm³/mol. The standard InChI is InChI=1S/C12H17NO3/c1-2-6-10(12(15)16)13-11(14)9-7-4-3-5-8-9/h2-4,9-10H,1,5-8H2,(H,13,14)(H,15,16). The highest BCUT2D eigenvalue weighted by Crippen LogP contribution is 2.18. The summed E-state index contributed by atoms with van der Waals surface area (Å²) < 4.78 is 0. The van der Waals surface area contributed by atoms with Gasteiger partial charge in [0.15, 0.2) is 0 Å². The molecule has 0 saturated carbocycles. The van der Waals surface area contributed by atoms with E-state index in [1.165, 1.54) is 6.08 Å². The van der Waals surface area contributed by atoms with E-state index < -0.39 is 12.0 Å². The van der Waals surface area contributed by atoms with E-state index in [1.54, 1.807) is 0 Å². The van der Waals surface area contributed by atoms with Gasteiger partial charge in [-0.15, -0.1) is 6.58 Å². The van der Waals surface area contributed by atoms with E-state index in [-0.39, 0.29) is 18.2 Å². The van der Waals surface area contributed by atoms with Gasteiger partial charge in [-0.25, -0.2) is 4.79 Å². The second-order valence-electron chi connectivity index (χ2n) is 3.91. The van der Waals surface area contributed by atoms with E-state index in [4.69, 9.17) is 5.11 Å². The summed E-state index contributed by atoms with van der Waals surface area (Å²) in [6.07, 6.45) is 8.15. The summed E-state index contributed by atoms with van der Waals surface area (Å²) in [4.78, 5) is 22.6. The molecular formula is C12H17NO3. The molecule has 0 bridgehead atoms. The molecule has 2 atom stereocenters. The number of carboxylic acid groups (broad SMARTS) is 1. The van der Waals surface area contributed by atoms with Gasteiger partial charge in [-0.2, -0.15) is 0 Å². The van der Waals surface area contributed by atoms with Crippen molar-refractivity contribution in [2.45, 2.75) is 31.7 Å². The van der Waals surface area contributed by atoms with Gasteiger partial charge in [0.2, 0.25) is 5.91 Å². The Kier molecular flexibility index (Phi) is 4.76. The van der Waals surface area contributed by atoms with Gasteiger partial charge in [0.05, 0.1) is 0 Å². The lowest BCUT2D eigenvalue weighted by atomic mass is 9.93. The first-order valence-corrected chi connectivity index (χ1v) is 5.44. The Morgan fingerprint density at radius 1 is 1.56 bits per heavy atom. The number of nitrogens with one attached hydrogen (secondary N) is 1. The van der Waals surface area contributed by atoms with Crippen molar-refractivity contribution in [3.05, 3.63) is 24.8 Å². The number of aliphatic carboxylic acids is 1. The minimum atomic E-state index is -1.01. The molecule has 0 aromatic rings. The SMILES string of the molecule is C=CCC(NC(=O)C1CC=CCC1)C(=O)O. The Morgan fingerprint density at radius 2 is 2.31 bits per heavy atom. The maximum atomic E-state index is 11.7. The van der Waals surface area contributed by atoms with Crippen LogP contribution in [0.1, 0.15) is 25.7 Å². The molecular weight excluding hydrogens is 206 g/mol. The molecule has 2 unspecified atom stereocenters. The monoisotopic (exact) mass is 223 g/mol. The van der Waals surface area contributed by atoms with Gasteiger partial charge < -0.3 is 10.4 Å². The van der Waals surface area contributed by atoms with Gasteiger partial charge in [0.1, 0.15) is 6.04 Å². The molecule has 0 heterocycles. The molecule has 1 rings (SSSR count). The van der Waals surface area contributed by atoms with Gasteiger partial charge in [-0.05, 0) is 25.7 Å².